The molecule has 1 fully saturated rings. The van der Waals surface area contributed by atoms with Gasteiger partial charge in [0.2, 0.25) is 0 Å². The molecule has 0 saturated carbocycles. The second kappa shape index (κ2) is 9.91. The highest BCUT2D eigenvalue weighted by molar-refractivity contribution is 5.85. The van der Waals surface area contributed by atoms with Crippen LogP contribution < -0.4 is 10.6 Å². The fourth-order valence-corrected chi connectivity index (χ4v) is 2.80. The summed E-state index contributed by atoms with van der Waals surface area (Å²) in [5.41, 5.74) is 2.51. The number of benzene rings is 1. The lowest BCUT2D eigenvalue weighted by Gasteiger charge is -2.28. The normalized spacial score (nSPS) is 19.0. The van der Waals surface area contributed by atoms with Crippen molar-refractivity contribution in [1.29, 1.82) is 0 Å². The first-order valence-corrected chi connectivity index (χ1v) is 8.33. The lowest BCUT2D eigenvalue weighted by atomic mass is 9.94. The van der Waals surface area contributed by atoms with Gasteiger partial charge in [-0.1, -0.05) is 51.5 Å². The predicted octanol–water partition coefficient (Wildman–Crippen LogP) is 2.86. The molecule has 0 aliphatic carbocycles. The first-order valence-electron chi connectivity index (χ1n) is 8.33. The van der Waals surface area contributed by atoms with E-state index in [-0.39, 0.29) is 30.5 Å². The molecule has 1 aromatic carbocycles. The number of nitrogens with one attached hydrogen (secondary N) is 2. The van der Waals surface area contributed by atoms with E-state index in [1.54, 1.807) is 0 Å². The van der Waals surface area contributed by atoms with Crippen LogP contribution in [0.2, 0.25) is 0 Å². The molecule has 2 rings (SSSR count). The molecule has 2 unspecified atom stereocenters. The van der Waals surface area contributed by atoms with Crippen LogP contribution in [0.5, 0.6) is 0 Å². The van der Waals surface area contributed by atoms with Gasteiger partial charge in [-0.2, -0.15) is 0 Å². The predicted molar refractivity (Wildman–Crippen MR) is 96.0 cm³/mol. The smallest absolute Gasteiger partial charge is 0.250 e. The van der Waals surface area contributed by atoms with Crippen LogP contribution in [0, 0.1) is 5.92 Å². The molecule has 130 valence electrons. The summed E-state index contributed by atoms with van der Waals surface area (Å²) in [4.78, 5) is 12.4. The van der Waals surface area contributed by atoms with Crippen molar-refractivity contribution in [3.05, 3.63) is 35.4 Å². The highest BCUT2D eigenvalue weighted by Gasteiger charge is 2.26. The molecule has 1 saturated heterocycles. The van der Waals surface area contributed by atoms with E-state index in [1.807, 2.05) is 0 Å². The minimum absolute atomic E-state index is 0. The molecule has 23 heavy (non-hydrogen) atoms. The first kappa shape index (κ1) is 19.9. The third-order valence-electron chi connectivity index (χ3n) is 4.06. The molecule has 2 atom stereocenters. The number of carbonyl (C=O) groups is 1. The number of hydrogen-bond acceptors (Lipinski definition) is 3. The Morgan fingerprint density at radius 3 is 2.57 bits per heavy atom. The van der Waals surface area contributed by atoms with Crippen molar-refractivity contribution in [1.82, 2.24) is 10.6 Å². The summed E-state index contributed by atoms with van der Waals surface area (Å²) in [5, 5.41) is 6.34. The molecule has 1 aliphatic rings. The van der Waals surface area contributed by atoms with Gasteiger partial charge < -0.3 is 15.4 Å². The second-order valence-electron chi connectivity index (χ2n) is 6.29. The monoisotopic (exact) mass is 340 g/mol. The zero-order valence-corrected chi connectivity index (χ0v) is 15.1. The summed E-state index contributed by atoms with van der Waals surface area (Å²) in [7, 11) is 0. The molecular formula is C18H29ClN2O2. The van der Waals surface area contributed by atoms with Gasteiger partial charge in [0.15, 0.2) is 0 Å². The van der Waals surface area contributed by atoms with Crippen LogP contribution in [0.3, 0.4) is 0 Å². The van der Waals surface area contributed by atoms with E-state index in [2.05, 4.69) is 55.7 Å². The Labute approximate surface area is 145 Å². The number of amides is 1. The largest absolute Gasteiger partial charge is 0.366 e. The zero-order valence-electron chi connectivity index (χ0n) is 14.3. The van der Waals surface area contributed by atoms with Crippen LogP contribution in [-0.4, -0.2) is 31.7 Å². The number of rotatable bonds is 6. The Bertz CT molecular complexity index is 470. The van der Waals surface area contributed by atoms with Crippen molar-refractivity contribution in [2.45, 2.75) is 45.8 Å². The number of ether oxygens (including phenoxy) is 1. The van der Waals surface area contributed by atoms with Crippen LogP contribution in [-0.2, 0) is 16.0 Å². The Morgan fingerprint density at radius 2 is 2.04 bits per heavy atom. The van der Waals surface area contributed by atoms with Gasteiger partial charge in [0.25, 0.3) is 5.91 Å². The Morgan fingerprint density at radius 1 is 1.35 bits per heavy atom. The topological polar surface area (TPSA) is 50.4 Å². The van der Waals surface area contributed by atoms with Gasteiger partial charge in [0, 0.05) is 13.1 Å². The molecule has 0 spiro atoms. The Balaban J connectivity index is 0.00000264. The summed E-state index contributed by atoms with van der Waals surface area (Å²) in [6.45, 7) is 8.44. The number of halogens is 1. The summed E-state index contributed by atoms with van der Waals surface area (Å²) in [6.07, 6.45) is 1.87. The highest BCUT2D eigenvalue weighted by Crippen LogP contribution is 2.22. The fraction of sp³-hybridized carbons (Fsp3) is 0.611. The summed E-state index contributed by atoms with van der Waals surface area (Å²) >= 11 is 0. The quantitative estimate of drug-likeness (QED) is 0.837. The van der Waals surface area contributed by atoms with Gasteiger partial charge in [-0.25, -0.2) is 0 Å². The zero-order chi connectivity index (χ0) is 15.9. The molecule has 5 heteroatoms. The molecule has 2 N–H and O–H groups in total. The van der Waals surface area contributed by atoms with Crippen molar-refractivity contribution < 1.29 is 9.53 Å². The second-order valence-corrected chi connectivity index (χ2v) is 6.29. The van der Waals surface area contributed by atoms with E-state index >= 15 is 0 Å². The lowest BCUT2D eigenvalue weighted by molar-refractivity contribution is -0.135. The minimum atomic E-state index is -0.380. The first-order chi connectivity index (χ1) is 10.6. The molecule has 0 aromatic heterocycles. The molecule has 1 amide bonds. The van der Waals surface area contributed by atoms with Crippen molar-refractivity contribution in [3.63, 3.8) is 0 Å². The maximum absolute atomic E-state index is 12.4. The minimum Gasteiger partial charge on any atom is -0.366 e. The molecule has 1 heterocycles. The molecule has 4 nitrogen and oxygen atoms in total. The van der Waals surface area contributed by atoms with Gasteiger partial charge in [0.05, 0.1) is 12.6 Å². The van der Waals surface area contributed by atoms with Gasteiger partial charge in [0.1, 0.15) is 6.10 Å². The van der Waals surface area contributed by atoms with E-state index in [0.717, 1.165) is 24.9 Å². The maximum atomic E-state index is 12.4. The van der Waals surface area contributed by atoms with Crippen molar-refractivity contribution in [2.24, 2.45) is 5.92 Å². The standard InChI is InChI=1S/C18H28N2O2.ClH/c1-4-5-14-6-8-15(9-7-14)17(13(2)3)20-18(21)16-12-19-10-11-22-16;/h6-9,13,16-17,19H,4-5,10-12H2,1-3H3,(H,20,21);1H. The van der Waals surface area contributed by atoms with Gasteiger partial charge in [-0.15, -0.1) is 12.4 Å². The molecule has 0 bridgehead atoms. The fourth-order valence-electron chi connectivity index (χ4n) is 2.80. The third kappa shape index (κ3) is 5.79. The molecule has 0 radical (unpaired) electrons. The molecule has 1 aromatic rings. The van der Waals surface area contributed by atoms with E-state index in [9.17, 15) is 4.79 Å². The number of aryl methyl sites for hydroxylation is 1. The van der Waals surface area contributed by atoms with Crippen LogP contribution in [0.4, 0.5) is 0 Å². The summed E-state index contributed by atoms with van der Waals surface area (Å²) in [6, 6.07) is 8.62. The van der Waals surface area contributed by atoms with Crippen LogP contribution >= 0.6 is 12.4 Å². The van der Waals surface area contributed by atoms with E-state index in [4.69, 9.17) is 4.74 Å². The van der Waals surface area contributed by atoms with Crippen molar-refractivity contribution in [3.8, 4) is 0 Å². The maximum Gasteiger partial charge on any atom is 0.250 e. The number of morpholine rings is 1. The van der Waals surface area contributed by atoms with Crippen molar-refractivity contribution in [2.75, 3.05) is 19.7 Å². The van der Waals surface area contributed by atoms with Gasteiger partial charge in [-0.05, 0) is 23.5 Å². The average Bonchev–Trinajstić information content (AvgIpc) is 2.54. The van der Waals surface area contributed by atoms with Crippen LogP contribution in [0.15, 0.2) is 24.3 Å². The highest BCUT2D eigenvalue weighted by atomic mass is 35.5. The number of carbonyl (C=O) groups excluding carboxylic acids is 1. The Hall–Kier alpha value is -1.10. The number of hydrogen-bond donors (Lipinski definition) is 2. The summed E-state index contributed by atoms with van der Waals surface area (Å²) < 4.78 is 5.53. The summed E-state index contributed by atoms with van der Waals surface area (Å²) in [5.74, 6) is 0.307. The SMILES string of the molecule is CCCc1ccc(C(NC(=O)C2CNCCO2)C(C)C)cc1.Cl. The lowest BCUT2D eigenvalue weighted by Crippen LogP contribution is -2.49. The van der Waals surface area contributed by atoms with Crippen LogP contribution in [0.1, 0.15) is 44.4 Å². The van der Waals surface area contributed by atoms with Gasteiger partial charge >= 0.3 is 0 Å². The molecular weight excluding hydrogens is 312 g/mol. The average molecular weight is 341 g/mol. The van der Waals surface area contributed by atoms with Crippen molar-refractivity contribution >= 4 is 18.3 Å². The third-order valence-corrected chi connectivity index (χ3v) is 4.06. The van der Waals surface area contributed by atoms with E-state index in [0.29, 0.717) is 19.1 Å². The molecule has 1 aliphatic heterocycles. The van der Waals surface area contributed by atoms with Crippen LogP contribution in [0.25, 0.3) is 0 Å². The van der Waals surface area contributed by atoms with Gasteiger partial charge in [-0.3, -0.25) is 4.79 Å². The van der Waals surface area contributed by atoms with E-state index < -0.39 is 0 Å². The van der Waals surface area contributed by atoms with E-state index in [1.165, 1.54) is 5.56 Å². The Kier molecular flexibility index (Phi) is 8.59.